The summed E-state index contributed by atoms with van der Waals surface area (Å²) in [5.74, 6) is -0.760. The molecule has 0 radical (unpaired) electrons. The summed E-state index contributed by atoms with van der Waals surface area (Å²) in [5.41, 5.74) is 0.594. The van der Waals surface area contributed by atoms with E-state index in [9.17, 15) is 14.4 Å². The zero-order valence-electron chi connectivity index (χ0n) is 13.4. The summed E-state index contributed by atoms with van der Waals surface area (Å²) in [6.07, 6.45) is 4.62. The number of aromatic nitrogens is 1. The molecule has 1 aliphatic heterocycles. The summed E-state index contributed by atoms with van der Waals surface area (Å²) >= 11 is 0. The van der Waals surface area contributed by atoms with Gasteiger partial charge in [0.05, 0.1) is 5.69 Å². The van der Waals surface area contributed by atoms with Crippen molar-refractivity contribution in [3.63, 3.8) is 0 Å². The van der Waals surface area contributed by atoms with E-state index in [4.69, 9.17) is 0 Å². The molecule has 1 aliphatic rings. The summed E-state index contributed by atoms with van der Waals surface area (Å²) in [6.45, 7) is 1.61. The van der Waals surface area contributed by atoms with Crippen molar-refractivity contribution < 1.29 is 14.4 Å². The van der Waals surface area contributed by atoms with Gasteiger partial charge in [-0.15, -0.1) is 0 Å². The third kappa shape index (κ3) is 3.55. The average Bonchev–Trinajstić information content (AvgIpc) is 2.87. The fraction of sp³-hybridized carbons (Fsp3) is 0.111. The third-order valence-corrected chi connectivity index (χ3v) is 3.85. The first kappa shape index (κ1) is 16.4. The van der Waals surface area contributed by atoms with Crippen LogP contribution in [0.4, 0.5) is 10.5 Å². The molecular formula is C18H16N4O3. The Balaban J connectivity index is 1.74. The van der Waals surface area contributed by atoms with E-state index in [0.717, 1.165) is 0 Å². The molecule has 25 heavy (non-hydrogen) atoms. The standard InChI is InChI=1S/C18H16N4O3/c1-18(16(24)21-17(25)22-18)12-5-4-7-14(11-12)20-15(23)9-8-13-6-2-3-10-19-13/h2-11H,1H3,(H,20,23)(H2,21,22,24,25)/b9-8+. The van der Waals surface area contributed by atoms with Gasteiger partial charge in [-0.2, -0.15) is 0 Å². The van der Waals surface area contributed by atoms with Gasteiger partial charge in [-0.25, -0.2) is 4.79 Å². The van der Waals surface area contributed by atoms with Gasteiger partial charge in [0, 0.05) is 18.0 Å². The average molecular weight is 336 g/mol. The van der Waals surface area contributed by atoms with Crippen LogP contribution < -0.4 is 16.0 Å². The molecular weight excluding hydrogens is 320 g/mol. The maximum absolute atomic E-state index is 12.0. The predicted octanol–water partition coefficient (Wildman–Crippen LogP) is 1.79. The molecule has 3 rings (SSSR count). The number of anilines is 1. The van der Waals surface area contributed by atoms with Crippen molar-refractivity contribution in [2.24, 2.45) is 0 Å². The lowest BCUT2D eigenvalue weighted by atomic mass is 9.92. The summed E-state index contributed by atoms with van der Waals surface area (Å²) < 4.78 is 0. The molecule has 0 spiro atoms. The highest BCUT2D eigenvalue weighted by molar-refractivity contribution is 6.07. The third-order valence-electron chi connectivity index (χ3n) is 3.85. The predicted molar refractivity (Wildman–Crippen MR) is 92.4 cm³/mol. The van der Waals surface area contributed by atoms with Crippen LogP contribution in [0.1, 0.15) is 18.2 Å². The zero-order chi connectivity index (χ0) is 17.9. The van der Waals surface area contributed by atoms with Crippen molar-refractivity contribution in [3.8, 4) is 0 Å². The number of imide groups is 1. The molecule has 1 saturated heterocycles. The molecule has 7 nitrogen and oxygen atoms in total. The van der Waals surface area contributed by atoms with Crippen molar-refractivity contribution in [2.45, 2.75) is 12.5 Å². The van der Waals surface area contributed by atoms with Gasteiger partial charge in [-0.1, -0.05) is 18.2 Å². The number of nitrogens with zero attached hydrogens (tertiary/aromatic N) is 1. The van der Waals surface area contributed by atoms with Gasteiger partial charge in [0.1, 0.15) is 5.54 Å². The normalized spacial score (nSPS) is 19.6. The maximum atomic E-state index is 12.0. The molecule has 0 aliphatic carbocycles. The van der Waals surface area contributed by atoms with Gasteiger partial charge >= 0.3 is 6.03 Å². The Labute approximate surface area is 144 Å². The van der Waals surface area contributed by atoms with E-state index in [1.54, 1.807) is 55.6 Å². The highest BCUT2D eigenvalue weighted by Gasteiger charge is 2.43. The Hall–Kier alpha value is -3.48. The van der Waals surface area contributed by atoms with Crippen molar-refractivity contribution in [3.05, 3.63) is 66.0 Å². The number of hydrogen-bond donors (Lipinski definition) is 3. The number of amides is 4. The number of rotatable bonds is 4. The van der Waals surface area contributed by atoms with Crippen molar-refractivity contribution >= 4 is 29.6 Å². The first-order valence-electron chi connectivity index (χ1n) is 7.61. The molecule has 3 N–H and O–H groups in total. The van der Waals surface area contributed by atoms with Gasteiger partial charge in [0.2, 0.25) is 5.91 Å². The first-order chi connectivity index (χ1) is 12.0. The maximum Gasteiger partial charge on any atom is 0.322 e. The second-order valence-corrected chi connectivity index (χ2v) is 5.69. The van der Waals surface area contributed by atoms with E-state index >= 15 is 0 Å². The van der Waals surface area contributed by atoms with E-state index in [1.807, 2.05) is 6.07 Å². The highest BCUT2D eigenvalue weighted by Crippen LogP contribution is 2.26. The quantitative estimate of drug-likeness (QED) is 0.585. The molecule has 1 aromatic heterocycles. The first-order valence-corrected chi connectivity index (χ1v) is 7.61. The van der Waals surface area contributed by atoms with Gasteiger partial charge in [0.15, 0.2) is 0 Å². The molecule has 1 atom stereocenters. The molecule has 4 amide bonds. The molecule has 1 fully saturated rings. The van der Waals surface area contributed by atoms with Crippen molar-refractivity contribution in [1.29, 1.82) is 0 Å². The monoisotopic (exact) mass is 336 g/mol. The molecule has 2 heterocycles. The van der Waals surface area contributed by atoms with Gasteiger partial charge in [-0.05, 0) is 42.8 Å². The number of carbonyl (C=O) groups excluding carboxylic acids is 3. The molecule has 0 saturated carbocycles. The Kier molecular flexibility index (Phi) is 4.30. The van der Waals surface area contributed by atoms with E-state index in [0.29, 0.717) is 16.9 Å². The number of urea groups is 1. The second kappa shape index (κ2) is 6.56. The van der Waals surface area contributed by atoms with Crippen LogP contribution in [0.15, 0.2) is 54.7 Å². The highest BCUT2D eigenvalue weighted by atomic mass is 16.2. The van der Waals surface area contributed by atoms with E-state index in [-0.39, 0.29) is 5.91 Å². The number of carbonyl (C=O) groups is 3. The van der Waals surface area contributed by atoms with E-state index in [1.165, 1.54) is 6.08 Å². The smallest absolute Gasteiger partial charge is 0.322 e. The number of nitrogens with one attached hydrogen (secondary N) is 3. The minimum atomic E-state index is -1.17. The van der Waals surface area contributed by atoms with Crippen LogP contribution in [0.25, 0.3) is 6.08 Å². The fourth-order valence-electron chi connectivity index (χ4n) is 2.47. The lowest BCUT2D eigenvalue weighted by Gasteiger charge is -2.21. The van der Waals surface area contributed by atoms with Crippen LogP contribution in [0.2, 0.25) is 0 Å². The van der Waals surface area contributed by atoms with Gasteiger partial charge in [-0.3, -0.25) is 19.9 Å². The van der Waals surface area contributed by atoms with Gasteiger partial charge in [0.25, 0.3) is 5.91 Å². The lowest BCUT2D eigenvalue weighted by molar-refractivity contribution is -0.123. The zero-order valence-corrected chi connectivity index (χ0v) is 13.4. The molecule has 0 bridgehead atoms. The Morgan fingerprint density at radius 1 is 1.20 bits per heavy atom. The number of hydrogen-bond acceptors (Lipinski definition) is 4. The van der Waals surface area contributed by atoms with Crippen LogP contribution in [0, 0.1) is 0 Å². The lowest BCUT2D eigenvalue weighted by Crippen LogP contribution is -2.40. The van der Waals surface area contributed by atoms with Crippen LogP contribution >= 0.6 is 0 Å². The van der Waals surface area contributed by atoms with Crippen molar-refractivity contribution in [2.75, 3.05) is 5.32 Å². The molecule has 7 heteroatoms. The largest absolute Gasteiger partial charge is 0.323 e. The summed E-state index contributed by atoms with van der Waals surface area (Å²) in [6, 6.07) is 11.6. The number of pyridine rings is 1. The Morgan fingerprint density at radius 2 is 2.04 bits per heavy atom. The Bertz CT molecular complexity index is 864. The summed E-state index contributed by atoms with van der Waals surface area (Å²) in [4.78, 5) is 39.5. The van der Waals surface area contributed by atoms with Gasteiger partial charge < -0.3 is 10.6 Å². The van der Waals surface area contributed by atoms with Crippen LogP contribution in [0.5, 0.6) is 0 Å². The second-order valence-electron chi connectivity index (χ2n) is 5.69. The van der Waals surface area contributed by atoms with E-state index in [2.05, 4.69) is 20.9 Å². The minimum absolute atomic E-state index is 0.326. The van der Waals surface area contributed by atoms with Crippen LogP contribution in [-0.2, 0) is 15.1 Å². The molecule has 2 aromatic rings. The van der Waals surface area contributed by atoms with E-state index < -0.39 is 17.5 Å². The Morgan fingerprint density at radius 3 is 2.72 bits per heavy atom. The summed E-state index contributed by atoms with van der Waals surface area (Å²) in [7, 11) is 0. The van der Waals surface area contributed by atoms with Crippen LogP contribution in [0.3, 0.4) is 0 Å². The topological polar surface area (TPSA) is 100 Å². The molecule has 1 unspecified atom stereocenters. The summed E-state index contributed by atoms with van der Waals surface area (Å²) in [5, 5.41) is 7.52. The van der Waals surface area contributed by atoms with Crippen LogP contribution in [-0.4, -0.2) is 22.8 Å². The molecule has 1 aromatic carbocycles. The SMILES string of the molecule is CC1(c2cccc(NC(=O)/C=C/c3ccccn3)c2)NC(=O)NC1=O. The minimum Gasteiger partial charge on any atom is -0.323 e. The number of benzene rings is 1. The fourth-order valence-corrected chi connectivity index (χ4v) is 2.47. The van der Waals surface area contributed by atoms with Crippen molar-refractivity contribution in [1.82, 2.24) is 15.6 Å². The molecule has 126 valence electrons.